The molecule has 66 valence electrons. The van der Waals surface area contributed by atoms with E-state index in [1.165, 1.54) is 11.7 Å². The van der Waals surface area contributed by atoms with Crippen LogP contribution in [0.3, 0.4) is 0 Å². The van der Waals surface area contributed by atoms with Gasteiger partial charge in [-0.05, 0) is 22.0 Å². The van der Waals surface area contributed by atoms with E-state index in [1.807, 2.05) is 0 Å². The van der Waals surface area contributed by atoms with Gasteiger partial charge >= 0.3 is 0 Å². The molecule has 0 saturated heterocycles. The molecular formula is C7H9BrN2O2. The quantitative estimate of drug-likeness (QED) is 0.778. The Morgan fingerprint density at radius 3 is 2.92 bits per heavy atom. The van der Waals surface area contributed by atoms with E-state index in [0.29, 0.717) is 10.2 Å². The van der Waals surface area contributed by atoms with Crippen molar-refractivity contribution < 1.29 is 4.84 Å². The van der Waals surface area contributed by atoms with Gasteiger partial charge in [0.25, 0.3) is 5.56 Å². The summed E-state index contributed by atoms with van der Waals surface area (Å²) in [6, 6.07) is 1.77. The van der Waals surface area contributed by atoms with Crippen LogP contribution in [-0.4, -0.2) is 11.7 Å². The minimum absolute atomic E-state index is 0.133. The molecule has 0 aliphatic rings. The first kappa shape index (κ1) is 9.28. The van der Waals surface area contributed by atoms with Gasteiger partial charge in [-0.3, -0.25) is 15.1 Å². The average Bonchev–Trinajstić information content (AvgIpc) is 2.06. The highest BCUT2D eigenvalue weighted by Gasteiger charge is 2.04. The van der Waals surface area contributed by atoms with Gasteiger partial charge in [0.05, 0.1) is 11.6 Å². The Balaban J connectivity index is 3.24. The second kappa shape index (κ2) is 3.73. The van der Waals surface area contributed by atoms with E-state index in [4.69, 9.17) is 0 Å². The highest BCUT2D eigenvalue weighted by Crippen LogP contribution is 2.16. The van der Waals surface area contributed by atoms with Crippen LogP contribution in [0.2, 0.25) is 0 Å². The fourth-order valence-electron chi connectivity index (χ4n) is 0.801. The molecule has 1 N–H and O–H groups in total. The molecule has 1 heterocycles. The molecule has 0 amide bonds. The highest BCUT2D eigenvalue weighted by molar-refractivity contribution is 9.10. The summed E-state index contributed by atoms with van der Waals surface area (Å²) in [6.45, 7) is 0. The normalized spacial score (nSPS) is 9.92. The van der Waals surface area contributed by atoms with Crippen LogP contribution in [0.1, 0.15) is 0 Å². The summed E-state index contributed by atoms with van der Waals surface area (Å²) in [5.74, 6) is 0. The molecule has 0 saturated carbocycles. The second-order valence-corrected chi connectivity index (χ2v) is 3.12. The second-order valence-electron chi connectivity index (χ2n) is 2.26. The number of aryl methyl sites for hydroxylation is 1. The molecule has 0 fully saturated rings. The van der Waals surface area contributed by atoms with Gasteiger partial charge in [-0.25, -0.2) is 0 Å². The van der Waals surface area contributed by atoms with Crippen LogP contribution in [0.4, 0.5) is 5.69 Å². The van der Waals surface area contributed by atoms with Gasteiger partial charge in [0.1, 0.15) is 5.69 Å². The van der Waals surface area contributed by atoms with Crippen molar-refractivity contribution in [2.75, 3.05) is 12.6 Å². The standard InChI is InChI=1S/C7H9BrN2O2/c1-10-4-3-5(8)6(7(10)11)9-12-2/h3-4,9H,1-2H3. The minimum Gasteiger partial charge on any atom is -0.317 e. The summed E-state index contributed by atoms with van der Waals surface area (Å²) in [5.41, 5.74) is 2.78. The van der Waals surface area contributed by atoms with Gasteiger partial charge in [-0.2, -0.15) is 0 Å². The topological polar surface area (TPSA) is 43.3 Å². The van der Waals surface area contributed by atoms with E-state index in [9.17, 15) is 4.79 Å². The fourth-order valence-corrected chi connectivity index (χ4v) is 1.17. The van der Waals surface area contributed by atoms with E-state index in [2.05, 4.69) is 26.2 Å². The van der Waals surface area contributed by atoms with E-state index in [0.717, 1.165) is 0 Å². The molecule has 1 aromatic heterocycles. The third-order valence-corrected chi connectivity index (χ3v) is 2.08. The molecule has 0 aliphatic heterocycles. The summed E-state index contributed by atoms with van der Waals surface area (Å²) >= 11 is 3.23. The number of halogens is 1. The first-order valence-electron chi connectivity index (χ1n) is 3.31. The molecule has 1 aromatic rings. The van der Waals surface area contributed by atoms with Crippen molar-refractivity contribution in [3.8, 4) is 0 Å². The maximum Gasteiger partial charge on any atom is 0.277 e. The highest BCUT2D eigenvalue weighted by atomic mass is 79.9. The molecule has 1 rings (SSSR count). The van der Waals surface area contributed by atoms with Crippen LogP contribution in [0, 0.1) is 0 Å². The van der Waals surface area contributed by atoms with Crippen LogP contribution in [0.25, 0.3) is 0 Å². The van der Waals surface area contributed by atoms with Gasteiger partial charge in [-0.1, -0.05) is 0 Å². The lowest BCUT2D eigenvalue weighted by atomic mass is 10.4. The van der Waals surface area contributed by atoms with Gasteiger partial charge in [0.2, 0.25) is 0 Å². The number of nitrogens with one attached hydrogen (secondary N) is 1. The molecule has 0 radical (unpaired) electrons. The average molecular weight is 233 g/mol. The first-order chi connectivity index (χ1) is 5.66. The zero-order chi connectivity index (χ0) is 9.14. The molecule has 0 aliphatic carbocycles. The van der Waals surface area contributed by atoms with Crippen molar-refractivity contribution in [1.82, 2.24) is 4.57 Å². The lowest BCUT2D eigenvalue weighted by molar-refractivity contribution is 0.270. The molecular weight excluding hydrogens is 224 g/mol. The maximum atomic E-state index is 11.4. The van der Waals surface area contributed by atoms with Crippen molar-refractivity contribution >= 4 is 21.6 Å². The minimum atomic E-state index is -0.133. The number of hydrogen-bond donors (Lipinski definition) is 1. The van der Waals surface area contributed by atoms with Crippen molar-refractivity contribution in [3.05, 3.63) is 27.1 Å². The Kier molecular flexibility index (Phi) is 2.88. The molecule has 0 unspecified atom stereocenters. The van der Waals surface area contributed by atoms with Gasteiger partial charge in [0, 0.05) is 13.2 Å². The lowest BCUT2D eigenvalue weighted by Gasteiger charge is -2.05. The zero-order valence-corrected chi connectivity index (χ0v) is 8.38. The largest absolute Gasteiger partial charge is 0.317 e. The van der Waals surface area contributed by atoms with Gasteiger partial charge in [-0.15, -0.1) is 0 Å². The molecule has 0 spiro atoms. The molecule has 5 heteroatoms. The Labute approximate surface area is 78.2 Å². The SMILES string of the molecule is CONc1c(Br)ccn(C)c1=O. The molecule has 0 bridgehead atoms. The van der Waals surface area contributed by atoms with Crippen molar-refractivity contribution in [1.29, 1.82) is 0 Å². The third kappa shape index (κ3) is 1.67. The lowest BCUT2D eigenvalue weighted by Crippen LogP contribution is -2.20. The summed E-state index contributed by atoms with van der Waals surface area (Å²) < 4.78 is 2.15. The van der Waals surface area contributed by atoms with Crippen LogP contribution in [0.5, 0.6) is 0 Å². The number of pyridine rings is 1. The van der Waals surface area contributed by atoms with E-state index in [-0.39, 0.29) is 5.56 Å². The zero-order valence-electron chi connectivity index (χ0n) is 6.80. The van der Waals surface area contributed by atoms with Gasteiger partial charge < -0.3 is 4.57 Å². The van der Waals surface area contributed by atoms with E-state index < -0.39 is 0 Å². The molecule has 12 heavy (non-hydrogen) atoms. The van der Waals surface area contributed by atoms with Crippen LogP contribution >= 0.6 is 15.9 Å². The smallest absolute Gasteiger partial charge is 0.277 e. The third-order valence-electron chi connectivity index (χ3n) is 1.42. The predicted octanol–water partition coefficient (Wildman–Crippen LogP) is 1.12. The van der Waals surface area contributed by atoms with Crippen LogP contribution in [-0.2, 0) is 11.9 Å². The summed E-state index contributed by atoms with van der Waals surface area (Å²) in [7, 11) is 3.13. The Bertz CT molecular complexity index is 335. The molecule has 4 nitrogen and oxygen atoms in total. The van der Waals surface area contributed by atoms with E-state index in [1.54, 1.807) is 19.3 Å². The van der Waals surface area contributed by atoms with Crippen LogP contribution < -0.4 is 11.0 Å². The maximum absolute atomic E-state index is 11.4. The summed E-state index contributed by atoms with van der Waals surface area (Å²) in [4.78, 5) is 16.0. The fraction of sp³-hybridized carbons (Fsp3) is 0.286. The number of hydrogen-bond acceptors (Lipinski definition) is 3. The van der Waals surface area contributed by atoms with Crippen molar-refractivity contribution in [2.24, 2.45) is 7.05 Å². The Hall–Kier alpha value is -0.810. The first-order valence-corrected chi connectivity index (χ1v) is 4.10. The Morgan fingerprint density at radius 2 is 2.33 bits per heavy atom. The van der Waals surface area contributed by atoms with Crippen molar-refractivity contribution in [3.63, 3.8) is 0 Å². The summed E-state index contributed by atoms with van der Waals surface area (Å²) in [5, 5.41) is 0. The number of aromatic nitrogens is 1. The monoisotopic (exact) mass is 232 g/mol. The van der Waals surface area contributed by atoms with Gasteiger partial charge in [0.15, 0.2) is 0 Å². The van der Waals surface area contributed by atoms with Crippen molar-refractivity contribution in [2.45, 2.75) is 0 Å². The number of anilines is 1. The summed E-state index contributed by atoms with van der Waals surface area (Å²) in [6.07, 6.45) is 1.67. The molecule has 0 atom stereocenters. The predicted molar refractivity (Wildman–Crippen MR) is 50.0 cm³/mol. The Morgan fingerprint density at radius 1 is 1.67 bits per heavy atom. The molecule has 0 aromatic carbocycles. The van der Waals surface area contributed by atoms with E-state index >= 15 is 0 Å². The van der Waals surface area contributed by atoms with Crippen LogP contribution in [0.15, 0.2) is 21.5 Å². The number of nitrogens with zero attached hydrogens (tertiary/aromatic N) is 1. The number of rotatable bonds is 2.